The van der Waals surface area contributed by atoms with Gasteiger partial charge in [-0.15, -0.1) is 0 Å². The molecule has 0 atom stereocenters. The first-order chi connectivity index (χ1) is 16.8. The van der Waals surface area contributed by atoms with Crippen molar-refractivity contribution in [1.29, 1.82) is 0 Å². The van der Waals surface area contributed by atoms with Crippen LogP contribution in [0.25, 0.3) is 33.3 Å². The van der Waals surface area contributed by atoms with Gasteiger partial charge in [-0.1, -0.05) is 36.6 Å². The molecule has 35 heavy (non-hydrogen) atoms. The summed E-state index contributed by atoms with van der Waals surface area (Å²) >= 11 is 0. The SMILES string of the molecule is CC(=O)COc1ccc(-c2cn(CC3(F)CCCCC3)c3cc(-c4c(C)noc4C)cnc23)cc1. The standard InChI is InChI=1S/C28H30FN3O3/c1-18(33)16-34-23-9-7-21(8-10-23)24-15-32(17-28(29)11-5-4-6-12-28)25-13-22(14-30-27(24)25)26-19(2)31-35-20(26)3/h7-10,13-15H,4-6,11-12,16-17H2,1-3H3. The first-order valence-electron chi connectivity index (χ1n) is 12.2. The van der Waals surface area contributed by atoms with E-state index in [1.54, 1.807) is 0 Å². The molecule has 0 N–H and O–H groups in total. The molecule has 1 fully saturated rings. The van der Waals surface area contributed by atoms with Crippen LogP contribution in [0.3, 0.4) is 0 Å². The summed E-state index contributed by atoms with van der Waals surface area (Å²) < 4.78 is 28.7. The Morgan fingerprint density at radius 3 is 2.54 bits per heavy atom. The monoisotopic (exact) mass is 475 g/mol. The Kier molecular flexibility index (Phi) is 6.17. The van der Waals surface area contributed by atoms with E-state index in [0.717, 1.165) is 64.0 Å². The molecule has 0 unspecified atom stereocenters. The van der Waals surface area contributed by atoms with Gasteiger partial charge < -0.3 is 13.8 Å². The molecule has 1 aromatic carbocycles. The lowest BCUT2D eigenvalue weighted by atomic mass is 9.86. The van der Waals surface area contributed by atoms with Crippen LogP contribution in [-0.2, 0) is 11.3 Å². The van der Waals surface area contributed by atoms with Gasteiger partial charge in [0.05, 0.1) is 23.3 Å². The highest BCUT2D eigenvalue weighted by atomic mass is 19.1. The molecule has 182 valence electrons. The molecule has 1 saturated carbocycles. The van der Waals surface area contributed by atoms with Gasteiger partial charge in [-0.3, -0.25) is 9.78 Å². The van der Waals surface area contributed by atoms with Crippen molar-refractivity contribution in [1.82, 2.24) is 14.7 Å². The van der Waals surface area contributed by atoms with E-state index in [-0.39, 0.29) is 12.4 Å². The van der Waals surface area contributed by atoms with Crippen LogP contribution in [0.4, 0.5) is 4.39 Å². The summed E-state index contributed by atoms with van der Waals surface area (Å²) in [7, 11) is 0. The second-order valence-electron chi connectivity index (χ2n) is 9.69. The summed E-state index contributed by atoms with van der Waals surface area (Å²) in [6.45, 7) is 5.64. The number of Topliss-reactive ketones (excluding diaryl/α,β-unsaturated/α-hetero) is 1. The van der Waals surface area contributed by atoms with Gasteiger partial charge in [-0.2, -0.15) is 0 Å². The zero-order valence-electron chi connectivity index (χ0n) is 20.4. The summed E-state index contributed by atoms with van der Waals surface area (Å²) in [5.41, 5.74) is 5.01. The number of aryl methyl sites for hydroxylation is 2. The van der Waals surface area contributed by atoms with E-state index in [1.807, 2.05) is 55.1 Å². The van der Waals surface area contributed by atoms with E-state index in [1.165, 1.54) is 6.92 Å². The Labute approximate surface area is 204 Å². The van der Waals surface area contributed by atoms with Crippen LogP contribution >= 0.6 is 0 Å². The van der Waals surface area contributed by atoms with E-state index >= 15 is 4.39 Å². The fraction of sp³-hybridized carbons (Fsp3) is 0.393. The van der Waals surface area contributed by atoms with Crippen molar-refractivity contribution in [3.8, 4) is 28.0 Å². The fourth-order valence-electron chi connectivity index (χ4n) is 5.10. The Bertz CT molecular complexity index is 1340. The number of ether oxygens (including phenoxy) is 1. The van der Waals surface area contributed by atoms with Crippen LogP contribution in [0, 0.1) is 13.8 Å². The Morgan fingerprint density at radius 1 is 1.14 bits per heavy atom. The molecule has 7 heteroatoms. The molecular weight excluding hydrogens is 445 g/mol. The summed E-state index contributed by atoms with van der Waals surface area (Å²) in [6, 6.07) is 9.65. The third-order valence-electron chi connectivity index (χ3n) is 6.85. The number of halogens is 1. The molecule has 0 aliphatic heterocycles. The van der Waals surface area contributed by atoms with Gasteiger partial charge in [0.15, 0.2) is 5.78 Å². The van der Waals surface area contributed by atoms with Gasteiger partial charge in [0.2, 0.25) is 0 Å². The second-order valence-corrected chi connectivity index (χ2v) is 9.69. The molecule has 1 aliphatic carbocycles. The number of alkyl halides is 1. The number of hydrogen-bond donors (Lipinski definition) is 0. The number of benzene rings is 1. The minimum Gasteiger partial charge on any atom is -0.486 e. The minimum absolute atomic E-state index is 0.0293. The molecular formula is C28H30FN3O3. The van der Waals surface area contributed by atoms with Gasteiger partial charge in [-0.05, 0) is 57.4 Å². The third kappa shape index (κ3) is 4.72. The number of fused-ring (bicyclic) bond motifs is 1. The molecule has 1 aliphatic rings. The molecule has 0 saturated heterocycles. The van der Waals surface area contributed by atoms with Crippen molar-refractivity contribution in [2.24, 2.45) is 0 Å². The predicted molar refractivity (Wildman–Crippen MR) is 133 cm³/mol. The lowest BCUT2D eigenvalue weighted by Gasteiger charge is -2.30. The Hall–Kier alpha value is -3.48. The molecule has 3 heterocycles. The highest BCUT2D eigenvalue weighted by molar-refractivity contribution is 5.95. The second kappa shape index (κ2) is 9.29. The maximum Gasteiger partial charge on any atom is 0.167 e. The largest absolute Gasteiger partial charge is 0.486 e. The highest BCUT2D eigenvalue weighted by Gasteiger charge is 2.33. The van der Waals surface area contributed by atoms with Gasteiger partial charge in [-0.25, -0.2) is 4.39 Å². The number of carbonyl (C=O) groups is 1. The number of rotatable bonds is 7. The van der Waals surface area contributed by atoms with Crippen LogP contribution in [0.15, 0.2) is 47.2 Å². The van der Waals surface area contributed by atoms with Crippen LogP contribution < -0.4 is 4.74 Å². The van der Waals surface area contributed by atoms with Gasteiger partial charge >= 0.3 is 0 Å². The van der Waals surface area contributed by atoms with Gasteiger partial charge in [0, 0.05) is 29.1 Å². The van der Waals surface area contributed by atoms with Gasteiger partial charge in [0.1, 0.15) is 23.8 Å². The summed E-state index contributed by atoms with van der Waals surface area (Å²) in [4.78, 5) is 16.0. The number of aromatic nitrogens is 3. The topological polar surface area (TPSA) is 70.2 Å². The number of nitrogens with zero attached hydrogens (tertiary/aromatic N) is 3. The average Bonchev–Trinajstić information content (AvgIpc) is 3.37. The number of hydrogen-bond acceptors (Lipinski definition) is 5. The minimum atomic E-state index is -1.22. The van der Waals surface area contributed by atoms with Crippen molar-refractivity contribution < 1.29 is 18.4 Å². The average molecular weight is 476 g/mol. The van der Waals surface area contributed by atoms with Crippen molar-refractivity contribution in [3.05, 3.63) is 54.2 Å². The highest BCUT2D eigenvalue weighted by Crippen LogP contribution is 2.38. The van der Waals surface area contributed by atoms with E-state index in [4.69, 9.17) is 14.2 Å². The van der Waals surface area contributed by atoms with Crippen molar-refractivity contribution in [3.63, 3.8) is 0 Å². The van der Waals surface area contributed by atoms with E-state index in [2.05, 4.69) is 11.2 Å². The molecule has 3 aromatic heterocycles. The molecule has 6 nitrogen and oxygen atoms in total. The van der Waals surface area contributed by atoms with Crippen molar-refractivity contribution in [2.75, 3.05) is 6.61 Å². The molecule has 0 radical (unpaired) electrons. The third-order valence-corrected chi connectivity index (χ3v) is 6.85. The van der Waals surface area contributed by atoms with Crippen LogP contribution in [0.1, 0.15) is 50.5 Å². The molecule has 0 spiro atoms. The molecule has 0 amide bonds. The van der Waals surface area contributed by atoms with Crippen LogP contribution in [0.5, 0.6) is 5.75 Å². The van der Waals surface area contributed by atoms with Crippen LogP contribution in [-0.4, -0.2) is 32.8 Å². The number of carbonyl (C=O) groups excluding carboxylic acids is 1. The summed E-state index contributed by atoms with van der Waals surface area (Å²) in [5, 5.41) is 4.08. The lowest BCUT2D eigenvalue weighted by Crippen LogP contribution is -2.31. The zero-order valence-corrected chi connectivity index (χ0v) is 20.4. The maximum atomic E-state index is 15.8. The summed E-state index contributed by atoms with van der Waals surface area (Å²) in [5.74, 6) is 1.34. The fourth-order valence-corrected chi connectivity index (χ4v) is 5.10. The van der Waals surface area contributed by atoms with Crippen molar-refractivity contribution in [2.45, 2.75) is 65.1 Å². The maximum absolute atomic E-state index is 15.8. The molecule has 5 rings (SSSR count). The van der Waals surface area contributed by atoms with Crippen LogP contribution in [0.2, 0.25) is 0 Å². The quantitative estimate of drug-likeness (QED) is 0.301. The first kappa shape index (κ1) is 23.3. The number of ketones is 1. The first-order valence-corrected chi connectivity index (χ1v) is 12.2. The van der Waals surface area contributed by atoms with E-state index < -0.39 is 5.67 Å². The van der Waals surface area contributed by atoms with E-state index in [9.17, 15) is 4.79 Å². The zero-order chi connectivity index (χ0) is 24.6. The van der Waals surface area contributed by atoms with Crippen molar-refractivity contribution >= 4 is 16.8 Å². The molecule has 0 bridgehead atoms. The van der Waals surface area contributed by atoms with E-state index in [0.29, 0.717) is 25.1 Å². The lowest BCUT2D eigenvalue weighted by molar-refractivity contribution is -0.118. The molecule has 4 aromatic rings. The normalized spacial score (nSPS) is 15.4. The summed E-state index contributed by atoms with van der Waals surface area (Å²) in [6.07, 6.45) is 7.95. The Morgan fingerprint density at radius 2 is 1.89 bits per heavy atom. The predicted octanol–water partition coefficient (Wildman–Crippen LogP) is 6.62. The number of pyridine rings is 1. The van der Waals surface area contributed by atoms with Gasteiger partial charge in [0.25, 0.3) is 0 Å². The smallest absolute Gasteiger partial charge is 0.167 e. The Balaban J connectivity index is 1.58.